The second-order valence-electron chi connectivity index (χ2n) is 6.74. The van der Waals surface area contributed by atoms with E-state index in [2.05, 4.69) is 10.0 Å². The van der Waals surface area contributed by atoms with Gasteiger partial charge in [-0.3, -0.25) is 15.0 Å². The largest absolute Gasteiger partial charge is 0.479 e. The Balaban J connectivity index is 0.000000328. The predicted molar refractivity (Wildman–Crippen MR) is 104 cm³/mol. The molecule has 1 aromatic heterocycles. The van der Waals surface area contributed by atoms with Gasteiger partial charge in [0.25, 0.3) is 0 Å². The number of ether oxygens (including phenoxy) is 2. The number of cyclic esters (lactones) is 1. The van der Waals surface area contributed by atoms with Gasteiger partial charge in [-0.15, -0.1) is 0 Å². The average molecular weight is 474 g/mol. The van der Waals surface area contributed by atoms with Gasteiger partial charge in [0.05, 0.1) is 32.0 Å². The first-order valence-corrected chi connectivity index (χ1v) is 9.46. The molecule has 3 heterocycles. The second kappa shape index (κ2) is 11.9. The Bertz CT molecular complexity index is 863. The predicted octanol–water partition coefficient (Wildman–Crippen LogP) is -1.45. The van der Waals surface area contributed by atoms with Gasteiger partial charge in [-0.25, -0.2) is 14.4 Å². The summed E-state index contributed by atoms with van der Waals surface area (Å²) in [5.74, 6) is -3.72. The molecule has 182 valence electrons. The van der Waals surface area contributed by atoms with E-state index in [9.17, 15) is 24.5 Å². The molecule has 0 bridgehead atoms. The van der Waals surface area contributed by atoms with Crippen molar-refractivity contribution >= 4 is 30.1 Å². The highest BCUT2D eigenvalue weighted by molar-refractivity contribution is 5.83. The number of nitrogens with zero attached hydrogens (tertiary/aromatic N) is 4. The van der Waals surface area contributed by atoms with Crippen molar-refractivity contribution in [1.29, 1.82) is 0 Å². The number of nitro groups is 1. The van der Waals surface area contributed by atoms with E-state index < -0.39 is 35.2 Å². The van der Waals surface area contributed by atoms with Crippen LogP contribution >= 0.6 is 0 Å². The van der Waals surface area contributed by atoms with Crippen LogP contribution in [0, 0.1) is 10.1 Å². The summed E-state index contributed by atoms with van der Waals surface area (Å²) in [6.07, 6.45) is -4.08. The first kappa shape index (κ1) is 25.7. The third-order valence-corrected chi connectivity index (χ3v) is 4.34. The maximum Gasteiger partial charge on any atom is 0.433 e. The first-order valence-electron chi connectivity index (χ1n) is 9.46. The van der Waals surface area contributed by atoms with E-state index in [0.717, 1.165) is 13.1 Å². The number of furan rings is 1. The summed E-state index contributed by atoms with van der Waals surface area (Å²) < 4.78 is 15.5. The highest BCUT2D eigenvalue weighted by Gasteiger charge is 2.33. The van der Waals surface area contributed by atoms with Crippen LogP contribution in [0.4, 0.5) is 10.7 Å². The lowest BCUT2D eigenvalue weighted by molar-refractivity contribution is -0.402. The molecule has 16 heteroatoms. The molecule has 0 aromatic carbocycles. The molecule has 2 aliphatic heterocycles. The molecule has 2 aliphatic rings. The van der Waals surface area contributed by atoms with Crippen LogP contribution in [0.3, 0.4) is 0 Å². The number of rotatable bonds is 8. The van der Waals surface area contributed by atoms with Gasteiger partial charge in [-0.2, -0.15) is 10.1 Å². The lowest BCUT2D eigenvalue weighted by Crippen LogP contribution is -2.41. The van der Waals surface area contributed by atoms with Gasteiger partial charge in [0.1, 0.15) is 11.0 Å². The fourth-order valence-corrected chi connectivity index (χ4v) is 2.68. The number of hydrazone groups is 1. The molecular formula is C17H22N4O12. The zero-order chi connectivity index (χ0) is 24.5. The summed E-state index contributed by atoms with van der Waals surface area (Å²) in [4.78, 5) is 43.4. The van der Waals surface area contributed by atoms with Crippen LogP contribution in [-0.2, 0) is 19.1 Å². The summed E-state index contributed by atoms with van der Waals surface area (Å²) in [5, 5.41) is 48.2. The molecule has 0 spiro atoms. The number of carboxylic acids is 2. The number of aliphatic hydroxyl groups is 2. The number of amides is 1. The third kappa shape index (κ3) is 7.79. The van der Waals surface area contributed by atoms with Gasteiger partial charge in [-0.05, 0) is 6.07 Å². The van der Waals surface area contributed by atoms with Crippen molar-refractivity contribution in [3.8, 4) is 0 Å². The van der Waals surface area contributed by atoms with E-state index in [1.165, 1.54) is 23.4 Å². The molecule has 1 aromatic rings. The summed E-state index contributed by atoms with van der Waals surface area (Å²) in [6, 6.07) is 2.64. The smallest absolute Gasteiger partial charge is 0.433 e. The molecule has 3 rings (SSSR count). The minimum Gasteiger partial charge on any atom is -0.479 e. The van der Waals surface area contributed by atoms with Gasteiger partial charge >= 0.3 is 23.9 Å². The van der Waals surface area contributed by atoms with Crippen LogP contribution in [-0.4, -0.2) is 117 Å². The number of aliphatic carboxylic acids is 2. The van der Waals surface area contributed by atoms with Crippen LogP contribution in [0.2, 0.25) is 0 Å². The van der Waals surface area contributed by atoms with Crippen molar-refractivity contribution in [2.45, 2.75) is 18.3 Å². The second-order valence-corrected chi connectivity index (χ2v) is 6.74. The van der Waals surface area contributed by atoms with Gasteiger partial charge in [0.15, 0.2) is 18.0 Å². The fourth-order valence-electron chi connectivity index (χ4n) is 2.68. The summed E-state index contributed by atoms with van der Waals surface area (Å²) in [7, 11) is 0. The SMILES string of the molecule is O=C(O)[C@H](O)[C@@H](O)C(=O)O.O=C1OC(CN2CCOCC2)CN1/N=C/c1ccc([N+](=O)[O-])o1. The van der Waals surface area contributed by atoms with Crippen LogP contribution in [0.15, 0.2) is 21.7 Å². The number of carbonyl (C=O) groups excluding carboxylic acids is 1. The normalized spacial score (nSPS) is 20.6. The molecule has 4 N–H and O–H groups in total. The topological polar surface area (TPSA) is 226 Å². The molecule has 2 fully saturated rings. The average Bonchev–Trinajstić information content (AvgIpc) is 3.38. The Morgan fingerprint density at radius 3 is 2.33 bits per heavy atom. The molecule has 2 saturated heterocycles. The fraction of sp³-hybridized carbons (Fsp3) is 0.529. The number of carboxylic acid groups (broad SMARTS) is 2. The Morgan fingerprint density at radius 2 is 1.82 bits per heavy atom. The Hall–Kier alpha value is -3.60. The molecule has 3 atom stereocenters. The maximum absolute atomic E-state index is 11.8. The highest BCUT2D eigenvalue weighted by Crippen LogP contribution is 2.16. The summed E-state index contributed by atoms with van der Waals surface area (Å²) >= 11 is 0. The molecular weight excluding hydrogens is 452 g/mol. The van der Waals surface area contributed by atoms with E-state index in [4.69, 9.17) is 34.3 Å². The van der Waals surface area contributed by atoms with Crippen LogP contribution in [0.1, 0.15) is 5.76 Å². The zero-order valence-electron chi connectivity index (χ0n) is 17.1. The van der Waals surface area contributed by atoms with E-state index in [1.54, 1.807) is 0 Å². The molecule has 0 saturated carbocycles. The van der Waals surface area contributed by atoms with Crippen molar-refractivity contribution in [2.24, 2.45) is 5.10 Å². The van der Waals surface area contributed by atoms with Crippen LogP contribution in [0.5, 0.6) is 0 Å². The molecule has 0 radical (unpaired) electrons. The Labute approximate surface area is 185 Å². The van der Waals surface area contributed by atoms with E-state index in [1.807, 2.05) is 0 Å². The van der Waals surface area contributed by atoms with Crippen molar-refractivity contribution < 1.29 is 53.6 Å². The number of aliphatic hydroxyl groups excluding tert-OH is 2. The van der Waals surface area contributed by atoms with E-state index in [0.29, 0.717) is 26.3 Å². The molecule has 33 heavy (non-hydrogen) atoms. The van der Waals surface area contributed by atoms with E-state index >= 15 is 0 Å². The number of morpholine rings is 1. The third-order valence-electron chi connectivity index (χ3n) is 4.34. The van der Waals surface area contributed by atoms with Crippen molar-refractivity contribution in [1.82, 2.24) is 9.91 Å². The van der Waals surface area contributed by atoms with Gasteiger partial charge < -0.3 is 34.3 Å². The quantitative estimate of drug-likeness (QED) is 0.192. The number of hydrogen-bond acceptors (Lipinski definition) is 12. The number of carbonyl (C=O) groups is 3. The monoisotopic (exact) mass is 474 g/mol. The standard InChI is InChI=1S/C13H16N4O6.C4H6O6/c18-13-16(14-7-10-1-2-12(22-10)17(19)20)9-11(23-13)8-15-3-5-21-6-4-15;5-1(3(7)8)2(6)4(9)10/h1-2,7,11H,3-6,8-9H2;1-2,5-6H,(H,7,8)(H,9,10)/b14-7+;/t;1-,2-/m.1/s1. The maximum atomic E-state index is 11.8. The lowest BCUT2D eigenvalue weighted by atomic mass is 10.2. The van der Waals surface area contributed by atoms with Gasteiger partial charge in [-0.1, -0.05) is 0 Å². The molecule has 0 aliphatic carbocycles. The Kier molecular flexibility index (Phi) is 9.22. The van der Waals surface area contributed by atoms with Crippen molar-refractivity contribution in [3.63, 3.8) is 0 Å². The molecule has 1 unspecified atom stereocenters. The minimum atomic E-state index is -2.27. The lowest BCUT2D eigenvalue weighted by Gasteiger charge is -2.27. The Morgan fingerprint density at radius 1 is 1.21 bits per heavy atom. The molecule has 1 amide bonds. The first-order chi connectivity index (χ1) is 15.6. The highest BCUT2D eigenvalue weighted by atomic mass is 16.6. The van der Waals surface area contributed by atoms with Gasteiger partial charge in [0.2, 0.25) is 0 Å². The van der Waals surface area contributed by atoms with Crippen molar-refractivity contribution in [3.05, 3.63) is 28.0 Å². The number of hydrogen-bond donors (Lipinski definition) is 4. The van der Waals surface area contributed by atoms with Crippen LogP contribution < -0.4 is 0 Å². The van der Waals surface area contributed by atoms with E-state index in [-0.39, 0.29) is 17.7 Å². The minimum absolute atomic E-state index is 0.195. The van der Waals surface area contributed by atoms with Gasteiger partial charge in [0, 0.05) is 19.6 Å². The summed E-state index contributed by atoms with van der Waals surface area (Å²) in [6.45, 7) is 3.95. The summed E-state index contributed by atoms with van der Waals surface area (Å²) in [5.41, 5.74) is 0. The van der Waals surface area contributed by atoms with Crippen molar-refractivity contribution in [2.75, 3.05) is 39.4 Å². The van der Waals surface area contributed by atoms with Crippen LogP contribution in [0.25, 0.3) is 0 Å². The molecule has 16 nitrogen and oxygen atoms in total. The zero-order valence-corrected chi connectivity index (χ0v) is 17.1.